The number of nitrogens with zero attached hydrogens (tertiary/aromatic N) is 1. The molecule has 0 N–H and O–H groups in total. The van der Waals surface area contributed by atoms with Crippen LogP contribution in [-0.4, -0.2) is 49.1 Å². The van der Waals surface area contributed by atoms with E-state index in [-0.39, 0.29) is 5.78 Å². The Balaban J connectivity index is 1.68. The molecule has 4 heteroatoms. The second kappa shape index (κ2) is 7.57. The molecule has 0 bridgehead atoms. The van der Waals surface area contributed by atoms with E-state index in [2.05, 4.69) is 18.7 Å². The van der Waals surface area contributed by atoms with Gasteiger partial charge in [-0.05, 0) is 51.5 Å². The van der Waals surface area contributed by atoms with Crippen LogP contribution in [0.25, 0.3) is 0 Å². The quantitative estimate of drug-likeness (QED) is 0.597. The highest BCUT2D eigenvalue weighted by Crippen LogP contribution is 2.14. The van der Waals surface area contributed by atoms with Crippen LogP contribution >= 0.6 is 0 Å². The first-order chi connectivity index (χ1) is 10.0. The van der Waals surface area contributed by atoms with Gasteiger partial charge in [-0.1, -0.05) is 0 Å². The summed E-state index contributed by atoms with van der Waals surface area (Å²) in [5.41, 5.74) is 0.721. The molecule has 1 aromatic rings. The molecule has 1 aliphatic heterocycles. The zero-order chi connectivity index (χ0) is 15.2. The van der Waals surface area contributed by atoms with E-state index in [1.54, 1.807) is 6.92 Å². The van der Waals surface area contributed by atoms with Crippen LogP contribution in [0.3, 0.4) is 0 Å². The molecule has 0 saturated carbocycles. The van der Waals surface area contributed by atoms with Crippen molar-refractivity contribution in [1.82, 2.24) is 4.90 Å². The fraction of sp³-hybridized carbons (Fsp3) is 0.588. The van der Waals surface area contributed by atoms with E-state index in [1.807, 2.05) is 24.3 Å². The van der Waals surface area contributed by atoms with Crippen molar-refractivity contribution in [3.63, 3.8) is 0 Å². The Labute approximate surface area is 127 Å². The monoisotopic (exact) mass is 291 g/mol. The lowest BCUT2D eigenvalue weighted by Crippen LogP contribution is -2.45. The number of ketones is 1. The Bertz CT molecular complexity index is 448. The fourth-order valence-electron chi connectivity index (χ4n) is 2.73. The zero-order valence-electron chi connectivity index (χ0n) is 13.2. The third kappa shape index (κ3) is 5.14. The molecule has 0 amide bonds. The minimum absolute atomic E-state index is 0.0807. The molecule has 1 heterocycles. The van der Waals surface area contributed by atoms with Gasteiger partial charge >= 0.3 is 0 Å². The van der Waals surface area contributed by atoms with Gasteiger partial charge < -0.3 is 9.47 Å². The number of hydrogen-bond acceptors (Lipinski definition) is 4. The summed E-state index contributed by atoms with van der Waals surface area (Å²) >= 11 is 0. The van der Waals surface area contributed by atoms with Gasteiger partial charge in [0.05, 0.1) is 18.8 Å². The van der Waals surface area contributed by atoms with Crippen molar-refractivity contribution < 1.29 is 14.3 Å². The molecule has 21 heavy (non-hydrogen) atoms. The van der Waals surface area contributed by atoms with Crippen LogP contribution < -0.4 is 4.74 Å². The molecule has 0 unspecified atom stereocenters. The molecular formula is C17H25NO3. The van der Waals surface area contributed by atoms with E-state index >= 15 is 0 Å². The number of carbonyl (C=O) groups is 1. The van der Waals surface area contributed by atoms with Crippen LogP contribution in [0.2, 0.25) is 0 Å². The van der Waals surface area contributed by atoms with Crippen molar-refractivity contribution in [3.8, 4) is 5.75 Å². The number of hydrogen-bond donors (Lipinski definition) is 0. The van der Waals surface area contributed by atoms with Gasteiger partial charge in [0.1, 0.15) is 5.75 Å². The Morgan fingerprint density at radius 2 is 1.86 bits per heavy atom. The predicted molar refractivity (Wildman–Crippen MR) is 83.0 cm³/mol. The Morgan fingerprint density at radius 1 is 1.24 bits per heavy atom. The summed E-state index contributed by atoms with van der Waals surface area (Å²) in [6.07, 6.45) is 1.62. The molecule has 0 spiro atoms. The number of ether oxygens (including phenoxy) is 2. The molecule has 1 saturated heterocycles. The summed E-state index contributed by atoms with van der Waals surface area (Å²) in [5.74, 6) is 0.904. The van der Waals surface area contributed by atoms with E-state index in [1.165, 1.54) is 0 Å². The second-order valence-corrected chi connectivity index (χ2v) is 5.80. The summed E-state index contributed by atoms with van der Waals surface area (Å²) in [6.45, 7) is 9.53. The van der Waals surface area contributed by atoms with Gasteiger partial charge in [-0.15, -0.1) is 0 Å². The van der Waals surface area contributed by atoms with Gasteiger partial charge in [0.25, 0.3) is 0 Å². The van der Waals surface area contributed by atoms with Crippen LogP contribution in [0, 0.1) is 0 Å². The van der Waals surface area contributed by atoms with Crippen LogP contribution in [-0.2, 0) is 4.74 Å². The van der Waals surface area contributed by atoms with Crippen molar-refractivity contribution in [2.75, 3.05) is 26.2 Å². The summed E-state index contributed by atoms with van der Waals surface area (Å²) in [6, 6.07) is 7.33. The number of benzene rings is 1. The van der Waals surface area contributed by atoms with Gasteiger partial charge in [-0.25, -0.2) is 0 Å². The molecule has 4 nitrogen and oxygen atoms in total. The first-order valence-corrected chi connectivity index (χ1v) is 7.66. The Kier molecular flexibility index (Phi) is 5.76. The first-order valence-electron chi connectivity index (χ1n) is 7.66. The number of carbonyl (C=O) groups excluding carboxylic acids is 1. The first kappa shape index (κ1) is 16.0. The highest BCUT2D eigenvalue weighted by atomic mass is 16.5. The maximum Gasteiger partial charge on any atom is 0.159 e. The topological polar surface area (TPSA) is 38.8 Å². The fourth-order valence-corrected chi connectivity index (χ4v) is 2.73. The average molecular weight is 291 g/mol. The molecule has 1 fully saturated rings. The minimum atomic E-state index is 0.0807. The summed E-state index contributed by atoms with van der Waals surface area (Å²) in [4.78, 5) is 13.6. The van der Waals surface area contributed by atoms with E-state index in [0.717, 1.165) is 37.4 Å². The molecule has 1 aromatic carbocycles. The lowest BCUT2D eigenvalue weighted by Gasteiger charge is -2.35. The van der Waals surface area contributed by atoms with Crippen molar-refractivity contribution in [1.29, 1.82) is 0 Å². The Morgan fingerprint density at radius 3 is 2.43 bits per heavy atom. The molecular weight excluding hydrogens is 266 g/mol. The molecule has 0 aromatic heterocycles. The molecule has 2 atom stereocenters. The van der Waals surface area contributed by atoms with Gasteiger partial charge in [0.2, 0.25) is 0 Å². The average Bonchev–Trinajstić information content (AvgIpc) is 2.43. The van der Waals surface area contributed by atoms with E-state index in [9.17, 15) is 4.79 Å². The highest BCUT2D eigenvalue weighted by molar-refractivity contribution is 5.94. The molecule has 0 aliphatic carbocycles. The van der Waals surface area contributed by atoms with Gasteiger partial charge in [0, 0.05) is 25.2 Å². The van der Waals surface area contributed by atoms with Crippen molar-refractivity contribution in [3.05, 3.63) is 29.8 Å². The molecule has 1 aliphatic rings. The lowest BCUT2D eigenvalue weighted by molar-refractivity contribution is -0.0686. The van der Waals surface area contributed by atoms with Crippen molar-refractivity contribution in [2.24, 2.45) is 0 Å². The standard InChI is InChI=1S/C17H25NO3/c1-13-11-18(12-14(2)21-13)9-4-10-20-17-7-5-16(6-8-17)15(3)19/h5-8,13-14H,4,9-12H2,1-3H3/t13-,14-/m1/s1. The third-order valence-electron chi connectivity index (χ3n) is 3.64. The SMILES string of the molecule is CC(=O)c1ccc(OCCCN2C[C@@H](C)O[C@H](C)C2)cc1. The van der Waals surface area contributed by atoms with E-state index in [0.29, 0.717) is 18.8 Å². The lowest BCUT2D eigenvalue weighted by atomic mass is 10.1. The summed E-state index contributed by atoms with van der Waals surface area (Å²) in [7, 11) is 0. The van der Waals surface area contributed by atoms with Crippen LogP contribution in [0.5, 0.6) is 5.75 Å². The number of rotatable bonds is 6. The van der Waals surface area contributed by atoms with Crippen molar-refractivity contribution >= 4 is 5.78 Å². The predicted octanol–water partition coefficient (Wildman–Crippen LogP) is 2.77. The number of Topliss-reactive ketones (excluding diaryl/α,β-unsaturated/α-hetero) is 1. The van der Waals surface area contributed by atoms with Gasteiger partial charge in [0.15, 0.2) is 5.78 Å². The smallest absolute Gasteiger partial charge is 0.159 e. The Hall–Kier alpha value is -1.39. The van der Waals surface area contributed by atoms with Gasteiger partial charge in [-0.3, -0.25) is 9.69 Å². The molecule has 2 rings (SSSR count). The normalized spacial score (nSPS) is 23.0. The zero-order valence-corrected chi connectivity index (χ0v) is 13.2. The molecule has 116 valence electrons. The minimum Gasteiger partial charge on any atom is -0.494 e. The third-order valence-corrected chi connectivity index (χ3v) is 3.64. The van der Waals surface area contributed by atoms with Crippen LogP contribution in [0.15, 0.2) is 24.3 Å². The summed E-state index contributed by atoms with van der Waals surface area (Å²) < 4.78 is 11.4. The maximum atomic E-state index is 11.2. The molecule has 0 radical (unpaired) electrons. The van der Waals surface area contributed by atoms with E-state index in [4.69, 9.17) is 9.47 Å². The summed E-state index contributed by atoms with van der Waals surface area (Å²) in [5, 5.41) is 0. The van der Waals surface area contributed by atoms with Crippen LogP contribution in [0.4, 0.5) is 0 Å². The van der Waals surface area contributed by atoms with Crippen LogP contribution in [0.1, 0.15) is 37.6 Å². The van der Waals surface area contributed by atoms with E-state index < -0.39 is 0 Å². The number of morpholine rings is 1. The second-order valence-electron chi connectivity index (χ2n) is 5.80. The van der Waals surface area contributed by atoms with Crippen molar-refractivity contribution in [2.45, 2.75) is 39.4 Å². The largest absolute Gasteiger partial charge is 0.494 e. The van der Waals surface area contributed by atoms with Gasteiger partial charge in [-0.2, -0.15) is 0 Å². The highest BCUT2D eigenvalue weighted by Gasteiger charge is 2.21. The maximum absolute atomic E-state index is 11.2.